The highest BCUT2D eigenvalue weighted by atomic mass is 79.9. The van der Waals surface area contributed by atoms with E-state index in [2.05, 4.69) is 20.9 Å². The van der Waals surface area contributed by atoms with Gasteiger partial charge in [0.2, 0.25) is 0 Å². The average molecular weight is 568 g/mol. The monoisotopic (exact) mass is 567 g/mol. The molecule has 11 heteroatoms. The van der Waals surface area contributed by atoms with Gasteiger partial charge in [-0.25, -0.2) is 14.0 Å². The summed E-state index contributed by atoms with van der Waals surface area (Å²) in [4.78, 5) is 42.1. The number of hydrogen-bond acceptors (Lipinski definition) is 6. The number of benzene rings is 1. The number of rotatable bonds is 4. The summed E-state index contributed by atoms with van der Waals surface area (Å²) in [6.45, 7) is 6.58. The molecule has 0 aliphatic carbocycles. The number of thiophene rings is 1. The van der Waals surface area contributed by atoms with E-state index in [0.717, 1.165) is 9.35 Å². The third kappa shape index (κ3) is 5.30. The summed E-state index contributed by atoms with van der Waals surface area (Å²) in [5.74, 6) is -0.389. The van der Waals surface area contributed by atoms with E-state index in [0.29, 0.717) is 41.7 Å². The molecule has 2 aromatic heterocycles. The number of nitrogens with zero attached hydrogens (tertiary/aromatic N) is 2. The van der Waals surface area contributed by atoms with E-state index in [1.807, 2.05) is 20.8 Å². The molecular formula is C24H27BrFN3O5S. The SMILES string of the molecule is COc1ccc(Cn2c(=O)[nH]c(=O)c3sc(Br)c(C4CCN(C(=O)OC(C)(C)C)CC4)c32)cc1F. The van der Waals surface area contributed by atoms with Gasteiger partial charge in [0.1, 0.15) is 10.3 Å². The summed E-state index contributed by atoms with van der Waals surface area (Å²) >= 11 is 4.88. The zero-order valence-corrected chi connectivity index (χ0v) is 22.3. The van der Waals surface area contributed by atoms with Gasteiger partial charge in [-0.2, -0.15) is 0 Å². The van der Waals surface area contributed by atoms with Crippen LogP contribution < -0.4 is 16.0 Å². The van der Waals surface area contributed by atoms with Crippen molar-refractivity contribution in [1.82, 2.24) is 14.5 Å². The third-order valence-electron chi connectivity index (χ3n) is 5.93. The molecule has 0 atom stereocenters. The maximum Gasteiger partial charge on any atom is 0.410 e. The molecule has 0 spiro atoms. The molecule has 1 fully saturated rings. The van der Waals surface area contributed by atoms with Gasteiger partial charge < -0.3 is 14.4 Å². The van der Waals surface area contributed by atoms with Crippen molar-refractivity contribution in [2.45, 2.75) is 51.7 Å². The summed E-state index contributed by atoms with van der Waals surface area (Å²) < 4.78 is 27.4. The molecule has 8 nitrogen and oxygen atoms in total. The number of halogens is 2. The zero-order valence-electron chi connectivity index (χ0n) is 19.9. The highest BCUT2D eigenvalue weighted by Gasteiger charge is 2.31. The van der Waals surface area contributed by atoms with Crippen LogP contribution in [0, 0.1) is 5.82 Å². The molecule has 188 valence electrons. The molecule has 1 aromatic carbocycles. The maximum absolute atomic E-state index is 14.3. The number of piperidine rings is 1. The molecule has 1 aliphatic heterocycles. The van der Waals surface area contributed by atoms with Crippen molar-refractivity contribution >= 4 is 43.6 Å². The van der Waals surface area contributed by atoms with Crippen LogP contribution in [-0.4, -0.2) is 46.3 Å². The van der Waals surface area contributed by atoms with Crippen LogP contribution in [0.1, 0.15) is 50.7 Å². The first-order valence-corrected chi connectivity index (χ1v) is 12.8. The van der Waals surface area contributed by atoms with Crippen molar-refractivity contribution in [1.29, 1.82) is 0 Å². The topological polar surface area (TPSA) is 93.6 Å². The highest BCUT2D eigenvalue weighted by Crippen LogP contribution is 2.42. The Morgan fingerprint density at radius 2 is 1.94 bits per heavy atom. The smallest absolute Gasteiger partial charge is 0.410 e. The number of H-pyrrole nitrogens is 1. The summed E-state index contributed by atoms with van der Waals surface area (Å²) in [5.41, 5.74) is 0.389. The standard InChI is InChI=1S/C24H27BrFN3O5S/c1-24(2,3)34-23(32)28-9-7-14(8-10-28)17-18-19(35-20(17)25)21(30)27-22(31)29(18)12-13-5-6-16(33-4)15(26)11-13/h5-6,11,14H,7-10,12H2,1-4H3,(H,27,30,31). The number of hydrogen-bond donors (Lipinski definition) is 1. The van der Waals surface area contributed by atoms with E-state index in [1.165, 1.54) is 35.1 Å². The molecule has 1 saturated heterocycles. The Morgan fingerprint density at radius 1 is 1.26 bits per heavy atom. The lowest BCUT2D eigenvalue weighted by Crippen LogP contribution is -2.41. The molecule has 0 unspecified atom stereocenters. The van der Waals surface area contributed by atoms with E-state index in [1.54, 1.807) is 11.0 Å². The van der Waals surface area contributed by atoms with Crippen molar-refractivity contribution in [3.8, 4) is 5.75 Å². The summed E-state index contributed by atoms with van der Waals surface area (Å²) in [6, 6.07) is 4.52. The van der Waals surface area contributed by atoms with Gasteiger partial charge in [-0.05, 0) is 73.2 Å². The number of ether oxygens (including phenoxy) is 2. The highest BCUT2D eigenvalue weighted by molar-refractivity contribution is 9.11. The molecule has 0 radical (unpaired) electrons. The largest absolute Gasteiger partial charge is 0.494 e. The summed E-state index contributed by atoms with van der Waals surface area (Å²) in [6.07, 6.45) is 0.962. The fourth-order valence-corrected chi connectivity index (χ4v) is 6.34. The van der Waals surface area contributed by atoms with Crippen LogP contribution in [0.25, 0.3) is 10.2 Å². The Hall–Kier alpha value is -2.66. The minimum atomic E-state index is -0.571. The quantitative estimate of drug-likeness (QED) is 0.487. The van der Waals surface area contributed by atoms with E-state index in [9.17, 15) is 18.8 Å². The van der Waals surface area contributed by atoms with Crippen molar-refractivity contribution in [3.05, 3.63) is 59.8 Å². The lowest BCUT2D eigenvalue weighted by molar-refractivity contribution is 0.0205. The van der Waals surface area contributed by atoms with Gasteiger partial charge in [-0.15, -0.1) is 11.3 Å². The van der Waals surface area contributed by atoms with Crippen molar-refractivity contribution in [2.75, 3.05) is 20.2 Å². The Bertz CT molecular complexity index is 1380. The number of aromatic amines is 1. The Kier molecular flexibility index (Phi) is 7.10. The molecule has 0 saturated carbocycles. The van der Waals surface area contributed by atoms with E-state index in [-0.39, 0.29) is 24.3 Å². The molecular weight excluding hydrogens is 541 g/mol. The second-order valence-electron chi connectivity index (χ2n) is 9.52. The fourth-order valence-electron chi connectivity index (χ4n) is 4.33. The number of amides is 1. The molecule has 4 rings (SSSR count). The van der Waals surface area contributed by atoms with Crippen molar-refractivity contribution < 1.29 is 18.7 Å². The molecule has 3 aromatic rings. The first-order valence-electron chi connectivity index (χ1n) is 11.2. The van der Waals surface area contributed by atoms with Gasteiger partial charge in [-0.1, -0.05) is 6.07 Å². The van der Waals surface area contributed by atoms with Crippen LogP contribution in [0.5, 0.6) is 5.75 Å². The van der Waals surface area contributed by atoms with Gasteiger partial charge in [0.05, 0.1) is 23.0 Å². The Morgan fingerprint density at radius 3 is 2.54 bits per heavy atom. The molecule has 35 heavy (non-hydrogen) atoms. The number of likely N-dealkylation sites (tertiary alicyclic amines) is 1. The van der Waals surface area contributed by atoms with E-state index < -0.39 is 22.7 Å². The van der Waals surface area contributed by atoms with Crippen molar-refractivity contribution in [2.24, 2.45) is 0 Å². The minimum Gasteiger partial charge on any atom is -0.494 e. The zero-order chi connectivity index (χ0) is 25.5. The van der Waals surface area contributed by atoms with Crippen molar-refractivity contribution in [3.63, 3.8) is 0 Å². The van der Waals surface area contributed by atoms with Crippen LogP contribution in [0.4, 0.5) is 9.18 Å². The number of methoxy groups -OCH3 is 1. The summed E-state index contributed by atoms with van der Waals surface area (Å²) in [7, 11) is 1.39. The van der Waals surface area contributed by atoms with Crippen LogP contribution in [0.2, 0.25) is 0 Å². The van der Waals surface area contributed by atoms with E-state index >= 15 is 0 Å². The molecule has 1 aliphatic rings. The van der Waals surface area contributed by atoms with Crippen LogP contribution in [0.3, 0.4) is 0 Å². The lowest BCUT2D eigenvalue weighted by atomic mass is 9.90. The predicted molar refractivity (Wildman–Crippen MR) is 136 cm³/mol. The second kappa shape index (κ2) is 9.77. The molecule has 3 heterocycles. The Balaban J connectivity index is 1.69. The predicted octanol–water partition coefficient (Wildman–Crippen LogP) is 4.82. The van der Waals surface area contributed by atoms with Gasteiger partial charge >= 0.3 is 11.8 Å². The van der Waals surface area contributed by atoms with E-state index in [4.69, 9.17) is 9.47 Å². The van der Waals surface area contributed by atoms with Crippen LogP contribution in [-0.2, 0) is 11.3 Å². The summed E-state index contributed by atoms with van der Waals surface area (Å²) in [5, 5.41) is 0. The first-order chi connectivity index (χ1) is 16.5. The van der Waals surface area contributed by atoms with Crippen LogP contribution >= 0.6 is 27.3 Å². The molecule has 0 bridgehead atoms. The van der Waals surface area contributed by atoms with Gasteiger partial charge in [0.15, 0.2) is 11.6 Å². The molecule has 1 N–H and O–H groups in total. The number of fused-ring (bicyclic) bond motifs is 1. The first kappa shape index (κ1) is 25.4. The van der Waals surface area contributed by atoms with Gasteiger partial charge in [0.25, 0.3) is 5.56 Å². The second-order valence-corrected chi connectivity index (χ2v) is 11.9. The fraction of sp³-hybridized carbons (Fsp3) is 0.458. The number of carbonyl (C=O) groups excluding carboxylic acids is 1. The third-order valence-corrected chi connectivity index (χ3v) is 7.82. The average Bonchev–Trinajstić information content (AvgIpc) is 3.13. The normalized spacial score (nSPS) is 15.0. The number of nitrogens with one attached hydrogen (secondary N) is 1. The van der Waals surface area contributed by atoms with Gasteiger partial charge in [-0.3, -0.25) is 14.3 Å². The molecule has 1 amide bonds. The van der Waals surface area contributed by atoms with Crippen LogP contribution in [0.15, 0.2) is 31.6 Å². The Labute approximate surface area is 213 Å². The number of carbonyl (C=O) groups is 1. The van der Waals surface area contributed by atoms with Gasteiger partial charge in [0, 0.05) is 18.7 Å². The number of aromatic nitrogens is 2. The minimum absolute atomic E-state index is 0.0249. The maximum atomic E-state index is 14.3. The lowest BCUT2D eigenvalue weighted by Gasteiger charge is -2.33.